The Bertz CT molecular complexity index is 193. The van der Waals surface area contributed by atoms with E-state index < -0.39 is 6.16 Å². The Morgan fingerprint density at radius 1 is 1.91 bits per heavy atom. The van der Waals surface area contributed by atoms with E-state index in [2.05, 4.69) is 21.8 Å². The van der Waals surface area contributed by atoms with E-state index >= 15 is 0 Å². The van der Waals surface area contributed by atoms with E-state index in [1.54, 1.807) is 0 Å². The second kappa shape index (κ2) is 3.68. The van der Waals surface area contributed by atoms with E-state index in [1.165, 1.54) is 6.26 Å². The first-order valence-electron chi connectivity index (χ1n) is 3.12. The molecule has 0 aliphatic carbocycles. The molecule has 1 fully saturated rings. The molecule has 0 spiro atoms. The Hall–Kier alpha value is -1.41. The van der Waals surface area contributed by atoms with Crippen LogP contribution in [-0.2, 0) is 14.2 Å². The molecule has 11 heavy (non-hydrogen) atoms. The predicted molar refractivity (Wildman–Crippen MR) is 35.9 cm³/mol. The van der Waals surface area contributed by atoms with Gasteiger partial charge in [0, 0.05) is 0 Å². The lowest BCUT2D eigenvalue weighted by Gasteiger charge is -2.03. The highest BCUT2D eigenvalue weighted by Crippen LogP contribution is 2.05. The number of rotatable bonds is 3. The molecule has 4 nitrogen and oxygen atoms in total. The Balaban J connectivity index is 2.18. The van der Waals surface area contributed by atoms with Crippen molar-refractivity contribution in [3.63, 3.8) is 0 Å². The molecule has 0 amide bonds. The van der Waals surface area contributed by atoms with Gasteiger partial charge in [0.2, 0.25) is 0 Å². The summed E-state index contributed by atoms with van der Waals surface area (Å²) in [5, 5.41) is 0. The van der Waals surface area contributed by atoms with Gasteiger partial charge < -0.3 is 14.2 Å². The van der Waals surface area contributed by atoms with Crippen LogP contribution < -0.4 is 0 Å². The molecule has 0 saturated carbocycles. The van der Waals surface area contributed by atoms with Gasteiger partial charge in [0.1, 0.15) is 19.5 Å². The lowest BCUT2D eigenvalue weighted by molar-refractivity contribution is 0.0854. The second-order valence-electron chi connectivity index (χ2n) is 1.96. The van der Waals surface area contributed by atoms with Gasteiger partial charge in [0.25, 0.3) is 0 Å². The fourth-order valence-electron chi connectivity index (χ4n) is 0.662. The molecule has 0 aromatic carbocycles. The van der Waals surface area contributed by atoms with Crippen molar-refractivity contribution in [2.75, 3.05) is 13.2 Å². The summed E-state index contributed by atoms with van der Waals surface area (Å²) in [5.74, 6) is 0. The summed E-state index contributed by atoms with van der Waals surface area (Å²) in [6.07, 6.45) is 0.375. The predicted octanol–water partition coefficient (Wildman–Crippen LogP) is 0.837. The van der Waals surface area contributed by atoms with Crippen molar-refractivity contribution in [1.82, 2.24) is 0 Å². The van der Waals surface area contributed by atoms with Gasteiger partial charge in [-0.2, -0.15) is 0 Å². The maximum atomic E-state index is 10.3. The average Bonchev–Trinajstić information content (AvgIpc) is 2.37. The lowest BCUT2D eigenvalue weighted by atomic mass is 10.4. The van der Waals surface area contributed by atoms with Crippen LogP contribution in [0.3, 0.4) is 0 Å². The third kappa shape index (κ3) is 2.35. The van der Waals surface area contributed by atoms with Crippen molar-refractivity contribution < 1.29 is 19.0 Å². The fraction of sp³-hybridized carbons (Fsp3) is 0.429. The van der Waals surface area contributed by atoms with E-state index in [0.29, 0.717) is 0 Å². The minimum absolute atomic E-state index is 0.254. The van der Waals surface area contributed by atoms with Gasteiger partial charge in [-0.15, -0.1) is 0 Å². The summed E-state index contributed by atoms with van der Waals surface area (Å²) in [6, 6.07) is 0. The van der Waals surface area contributed by atoms with Crippen molar-refractivity contribution in [2.24, 2.45) is 0 Å². The highest BCUT2D eigenvalue weighted by Gasteiger charge is 2.24. The number of hydrogen-bond acceptors (Lipinski definition) is 4. The molecule has 0 aromatic heterocycles. The number of ether oxygens (including phenoxy) is 3. The van der Waals surface area contributed by atoms with Crippen LogP contribution in [0.25, 0.3) is 0 Å². The van der Waals surface area contributed by atoms with Crippen LogP contribution in [0.5, 0.6) is 0 Å². The minimum atomic E-state index is -0.638. The molecule has 4 heteroatoms. The summed E-state index contributed by atoms with van der Waals surface area (Å²) in [7, 11) is 0. The third-order valence-electron chi connectivity index (χ3n) is 1.10. The molecule has 1 saturated heterocycles. The van der Waals surface area contributed by atoms with Crippen molar-refractivity contribution in [3.8, 4) is 0 Å². The highest BCUT2D eigenvalue weighted by molar-refractivity contribution is 5.61. The summed E-state index contributed by atoms with van der Waals surface area (Å²) in [4.78, 5) is 10.3. The summed E-state index contributed by atoms with van der Waals surface area (Å²) in [6.45, 7) is 3.83. The van der Waals surface area contributed by atoms with Crippen molar-refractivity contribution in [2.45, 2.75) is 6.10 Å². The standard InChI is InChI=1S/C7H8O4/c1-2-3-9-4-6-5-10-7(8)11-6/h3,6H,1,4-5H2. The number of hydrogen-bond donors (Lipinski definition) is 0. The second-order valence-corrected chi connectivity index (χ2v) is 1.96. The van der Waals surface area contributed by atoms with E-state index in [4.69, 9.17) is 4.74 Å². The van der Waals surface area contributed by atoms with E-state index in [0.717, 1.165) is 0 Å². The zero-order valence-electron chi connectivity index (χ0n) is 5.91. The van der Waals surface area contributed by atoms with E-state index in [-0.39, 0.29) is 19.3 Å². The van der Waals surface area contributed by atoms with Crippen LogP contribution in [0.15, 0.2) is 18.6 Å². The molecule has 0 N–H and O–H groups in total. The highest BCUT2D eigenvalue weighted by atomic mass is 16.8. The van der Waals surface area contributed by atoms with E-state index in [1.807, 2.05) is 0 Å². The van der Waals surface area contributed by atoms with Gasteiger partial charge in [-0.1, -0.05) is 12.3 Å². The normalized spacial score (nSPS) is 21.5. The molecule has 1 aliphatic rings. The maximum Gasteiger partial charge on any atom is 0.508 e. The van der Waals surface area contributed by atoms with Crippen LogP contribution in [-0.4, -0.2) is 25.5 Å². The van der Waals surface area contributed by atoms with Crippen LogP contribution in [0, 0.1) is 0 Å². The first-order chi connectivity index (χ1) is 5.33. The van der Waals surface area contributed by atoms with Crippen LogP contribution >= 0.6 is 0 Å². The zero-order valence-corrected chi connectivity index (χ0v) is 5.91. The molecule has 1 unspecified atom stereocenters. The first kappa shape index (κ1) is 7.69. The van der Waals surface area contributed by atoms with Crippen molar-refractivity contribution in [1.29, 1.82) is 0 Å². The minimum Gasteiger partial charge on any atom is -0.489 e. The Morgan fingerprint density at radius 3 is 3.27 bits per heavy atom. The SMILES string of the molecule is C=C=COCC1COC(=O)O1. The molecular weight excluding hydrogens is 148 g/mol. The number of carbonyl (C=O) groups excluding carboxylic acids is 1. The third-order valence-corrected chi connectivity index (χ3v) is 1.10. The Kier molecular flexibility index (Phi) is 2.58. The van der Waals surface area contributed by atoms with Gasteiger partial charge in [-0.25, -0.2) is 4.79 Å². The van der Waals surface area contributed by atoms with Gasteiger partial charge in [0.15, 0.2) is 6.10 Å². The molecule has 60 valence electrons. The number of cyclic esters (lactones) is 2. The molecular formula is C7H8O4. The molecule has 0 bridgehead atoms. The first-order valence-corrected chi connectivity index (χ1v) is 3.12. The summed E-state index contributed by atoms with van der Waals surface area (Å²) >= 11 is 0. The smallest absolute Gasteiger partial charge is 0.489 e. The average molecular weight is 156 g/mol. The molecule has 1 atom stereocenters. The van der Waals surface area contributed by atoms with Crippen LogP contribution in [0.2, 0.25) is 0 Å². The van der Waals surface area contributed by atoms with Gasteiger partial charge in [0.05, 0.1) is 0 Å². The van der Waals surface area contributed by atoms with Gasteiger partial charge >= 0.3 is 6.16 Å². The molecule has 0 radical (unpaired) electrons. The summed E-state index contributed by atoms with van der Waals surface area (Å²) in [5.41, 5.74) is 2.42. The largest absolute Gasteiger partial charge is 0.508 e. The maximum absolute atomic E-state index is 10.3. The monoisotopic (exact) mass is 156 g/mol. The molecule has 1 rings (SSSR count). The van der Waals surface area contributed by atoms with Gasteiger partial charge in [-0.3, -0.25) is 0 Å². The molecule has 1 heterocycles. The van der Waals surface area contributed by atoms with Crippen LogP contribution in [0.4, 0.5) is 4.79 Å². The van der Waals surface area contributed by atoms with Crippen molar-refractivity contribution >= 4 is 6.16 Å². The van der Waals surface area contributed by atoms with Gasteiger partial charge in [-0.05, 0) is 0 Å². The zero-order chi connectivity index (χ0) is 8.10. The topological polar surface area (TPSA) is 44.8 Å². The Labute approximate surface area is 64.0 Å². The Morgan fingerprint density at radius 2 is 2.73 bits per heavy atom. The quantitative estimate of drug-likeness (QED) is 0.345. The fourth-order valence-corrected chi connectivity index (χ4v) is 0.662. The van der Waals surface area contributed by atoms with Crippen molar-refractivity contribution in [3.05, 3.63) is 18.6 Å². The number of carbonyl (C=O) groups is 1. The molecule has 0 aromatic rings. The molecule has 1 aliphatic heterocycles. The summed E-state index contributed by atoms with van der Waals surface area (Å²) < 4.78 is 14.0. The van der Waals surface area contributed by atoms with Crippen LogP contribution in [0.1, 0.15) is 0 Å². The van der Waals surface area contributed by atoms with E-state index in [9.17, 15) is 4.79 Å². The lowest BCUT2D eigenvalue weighted by Crippen LogP contribution is -2.16.